The van der Waals surface area contributed by atoms with Crippen molar-refractivity contribution >= 4 is 61.4 Å². The summed E-state index contributed by atoms with van der Waals surface area (Å²) >= 11 is 5.68. The highest BCUT2D eigenvalue weighted by atomic mass is 127. The number of nitrogens with zero attached hydrogens (tertiary/aromatic N) is 1. The predicted octanol–water partition coefficient (Wildman–Crippen LogP) is 4.61. The van der Waals surface area contributed by atoms with Crippen LogP contribution in [0.5, 0.6) is 5.75 Å². The second-order valence-electron chi connectivity index (χ2n) is 5.43. The molecule has 6 heteroatoms. The zero-order chi connectivity index (χ0) is 17.8. The van der Waals surface area contributed by atoms with Crippen molar-refractivity contribution in [3.63, 3.8) is 0 Å². The number of halogens is 2. The van der Waals surface area contributed by atoms with E-state index in [9.17, 15) is 9.90 Å². The molecule has 126 valence electrons. The fourth-order valence-corrected chi connectivity index (χ4v) is 3.49. The molecule has 4 nitrogen and oxygen atoms in total. The number of fused-ring (bicyclic) bond motifs is 1. The summed E-state index contributed by atoms with van der Waals surface area (Å²) in [5, 5.41) is 15.8. The molecule has 0 atom stereocenters. The van der Waals surface area contributed by atoms with Crippen LogP contribution in [0.15, 0.2) is 64.2 Å². The van der Waals surface area contributed by atoms with Gasteiger partial charge in [0.1, 0.15) is 5.75 Å². The number of rotatable bonds is 4. The third-order valence-corrected chi connectivity index (χ3v) is 5.06. The minimum absolute atomic E-state index is 0.123. The molecule has 0 radical (unpaired) electrons. The van der Waals surface area contributed by atoms with Crippen molar-refractivity contribution in [3.8, 4) is 5.75 Å². The molecular weight excluding hydrogens is 495 g/mol. The first kappa shape index (κ1) is 17.9. The molecule has 3 rings (SSSR count). The van der Waals surface area contributed by atoms with E-state index < -0.39 is 0 Å². The molecule has 0 aliphatic heterocycles. The molecule has 3 aromatic rings. The first-order chi connectivity index (χ1) is 12.0. The normalized spacial score (nSPS) is 11.1. The molecule has 0 spiro atoms. The molecule has 1 amide bonds. The van der Waals surface area contributed by atoms with Gasteiger partial charge in [-0.2, -0.15) is 5.10 Å². The Hall–Kier alpha value is -1.93. The maximum absolute atomic E-state index is 12.2. The summed E-state index contributed by atoms with van der Waals surface area (Å²) in [5.74, 6) is -0.0915. The summed E-state index contributed by atoms with van der Waals surface area (Å²) in [6, 6.07) is 17.0. The highest BCUT2D eigenvalue weighted by molar-refractivity contribution is 14.1. The zero-order valence-electron chi connectivity index (χ0n) is 13.0. The van der Waals surface area contributed by atoms with Gasteiger partial charge in [-0.3, -0.25) is 4.79 Å². The Balaban J connectivity index is 1.72. The van der Waals surface area contributed by atoms with E-state index in [1.54, 1.807) is 18.2 Å². The van der Waals surface area contributed by atoms with Gasteiger partial charge in [0.15, 0.2) is 0 Å². The number of carbonyl (C=O) groups is 1. The molecule has 0 saturated heterocycles. The number of aromatic hydroxyl groups is 1. The summed E-state index contributed by atoms with van der Waals surface area (Å²) in [7, 11) is 0. The molecule has 0 aliphatic rings. The lowest BCUT2D eigenvalue weighted by Gasteiger charge is -2.07. The highest BCUT2D eigenvalue weighted by Gasteiger charge is 2.08. The SMILES string of the molecule is O=C(Cc1ccc(Br)c2ccccc12)N/N=C/c1cc(I)ccc1O. The van der Waals surface area contributed by atoms with Crippen LogP contribution in [0.2, 0.25) is 0 Å². The van der Waals surface area contributed by atoms with E-state index in [-0.39, 0.29) is 18.1 Å². The van der Waals surface area contributed by atoms with Crippen molar-refractivity contribution < 1.29 is 9.90 Å². The first-order valence-corrected chi connectivity index (χ1v) is 9.38. The van der Waals surface area contributed by atoms with Crippen molar-refractivity contribution in [1.82, 2.24) is 5.43 Å². The lowest BCUT2D eigenvalue weighted by molar-refractivity contribution is -0.120. The van der Waals surface area contributed by atoms with Crippen LogP contribution >= 0.6 is 38.5 Å². The van der Waals surface area contributed by atoms with Crippen LogP contribution in [-0.4, -0.2) is 17.2 Å². The van der Waals surface area contributed by atoms with Crippen LogP contribution in [-0.2, 0) is 11.2 Å². The molecule has 0 saturated carbocycles. The van der Waals surface area contributed by atoms with Gasteiger partial charge in [-0.1, -0.05) is 46.3 Å². The van der Waals surface area contributed by atoms with Crippen molar-refractivity contribution in [2.24, 2.45) is 5.10 Å². The number of phenolic OH excluding ortho intramolecular Hbond substituents is 1. The molecule has 2 N–H and O–H groups in total. The van der Waals surface area contributed by atoms with Crippen molar-refractivity contribution in [2.75, 3.05) is 0 Å². The third kappa shape index (κ3) is 4.38. The molecule has 0 unspecified atom stereocenters. The van der Waals surface area contributed by atoms with Crippen molar-refractivity contribution in [3.05, 3.63) is 73.8 Å². The van der Waals surface area contributed by atoms with Gasteiger partial charge >= 0.3 is 0 Å². The first-order valence-electron chi connectivity index (χ1n) is 7.51. The van der Waals surface area contributed by atoms with Crippen LogP contribution in [0, 0.1) is 3.57 Å². The van der Waals surface area contributed by atoms with Gasteiger partial charge in [-0.05, 0) is 63.2 Å². The molecular formula is C19H14BrIN2O2. The number of hydrazone groups is 1. The molecule has 0 heterocycles. The van der Waals surface area contributed by atoms with E-state index in [2.05, 4.69) is 49.0 Å². The summed E-state index contributed by atoms with van der Waals surface area (Å²) in [6.45, 7) is 0. The van der Waals surface area contributed by atoms with Crippen LogP contribution in [0.25, 0.3) is 10.8 Å². The van der Waals surface area contributed by atoms with Crippen LogP contribution < -0.4 is 5.43 Å². The number of hydrogen-bond donors (Lipinski definition) is 2. The quantitative estimate of drug-likeness (QED) is 0.307. The largest absolute Gasteiger partial charge is 0.507 e. The summed E-state index contributed by atoms with van der Waals surface area (Å²) in [5.41, 5.74) is 4.00. The summed E-state index contributed by atoms with van der Waals surface area (Å²) in [6.07, 6.45) is 1.67. The van der Waals surface area contributed by atoms with E-state index in [1.165, 1.54) is 6.21 Å². The van der Waals surface area contributed by atoms with E-state index in [1.807, 2.05) is 36.4 Å². The average Bonchev–Trinajstić information content (AvgIpc) is 2.61. The molecule has 3 aromatic carbocycles. The summed E-state index contributed by atoms with van der Waals surface area (Å²) < 4.78 is 1.98. The minimum atomic E-state index is -0.214. The van der Waals surface area contributed by atoms with Crippen LogP contribution in [0.1, 0.15) is 11.1 Å². The van der Waals surface area contributed by atoms with E-state index >= 15 is 0 Å². The molecule has 0 fully saturated rings. The van der Waals surface area contributed by atoms with Crippen LogP contribution in [0.3, 0.4) is 0 Å². The number of benzene rings is 3. The Labute approximate surface area is 167 Å². The predicted molar refractivity (Wildman–Crippen MR) is 112 cm³/mol. The maximum atomic E-state index is 12.2. The molecule has 0 aromatic heterocycles. The molecule has 0 bridgehead atoms. The van der Waals surface area contributed by atoms with Gasteiger partial charge in [0.05, 0.1) is 12.6 Å². The Bertz CT molecular complexity index is 973. The fourth-order valence-electron chi connectivity index (χ4n) is 2.49. The van der Waals surface area contributed by atoms with Crippen molar-refractivity contribution in [1.29, 1.82) is 0 Å². The number of amides is 1. The van der Waals surface area contributed by atoms with Gasteiger partial charge in [0.2, 0.25) is 5.91 Å². The zero-order valence-corrected chi connectivity index (χ0v) is 16.8. The topological polar surface area (TPSA) is 61.7 Å². The highest BCUT2D eigenvalue weighted by Crippen LogP contribution is 2.27. The molecule has 0 aliphatic carbocycles. The maximum Gasteiger partial charge on any atom is 0.244 e. The van der Waals surface area contributed by atoms with E-state index in [4.69, 9.17) is 0 Å². The van der Waals surface area contributed by atoms with Gasteiger partial charge in [0, 0.05) is 13.6 Å². The summed E-state index contributed by atoms with van der Waals surface area (Å²) in [4.78, 5) is 12.2. The van der Waals surface area contributed by atoms with E-state index in [0.29, 0.717) is 5.56 Å². The third-order valence-electron chi connectivity index (χ3n) is 3.69. The number of carbonyl (C=O) groups excluding carboxylic acids is 1. The lowest BCUT2D eigenvalue weighted by Crippen LogP contribution is -2.19. The van der Waals surface area contributed by atoms with Crippen LogP contribution in [0.4, 0.5) is 0 Å². The van der Waals surface area contributed by atoms with Gasteiger partial charge in [-0.25, -0.2) is 5.43 Å². The van der Waals surface area contributed by atoms with E-state index in [0.717, 1.165) is 24.4 Å². The standard InChI is InChI=1S/C19H14BrIN2O2/c20-17-7-5-12(15-3-1-2-4-16(15)17)10-19(25)23-22-11-13-9-14(21)6-8-18(13)24/h1-9,11,24H,10H2,(H,23,25)/b22-11+. The average molecular weight is 509 g/mol. The fraction of sp³-hybridized carbons (Fsp3) is 0.0526. The van der Waals surface area contributed by atoms with Gasteiger partial charge in [-0.15, -0.1) is 0 Å². The molecule has 25 heavy (non-hydrogen) atoms. The monoisotopic (exact) mass is 508 g/mol. The lowest BCUT2D eigenvalue weighted by atomic mass is 10.0. The number of hydrogen-bond acceptors (Lipinski definition) is 3. The minimum Gasteiger partial charge on any atom is -0.507 e. The smallest absolute Gasteiger partial charge is 0.244 e. The Morgan fingerprint density at radius 1 is 1.16 bits per heavy atom. The number of nitrogens with one attached hydrogen (secondary N) is 1. The second-order valence-corrected chi connectivity index (χ2v) is 7.53. The van der Waals surface area contributed by atoms with Gasteiger partial charge in [0.25, 0.3) is 0 Å². The Kier molecular flexibility index (Phi) is 5.70. The second kappa shape index (κ2) is 7.97. The Morgan fingerprint density at radius 3 is 2.72 bits per heavy atom. The van der Waals surface area contributed by atoms with Gasteiger partial charge < -0.3 is 5.11 Å². The van der Waals surface area contributed by atoms with Crippen molar-refractivity contribution in [2.45, 2.75) is 6.42 Å². The number of phenols is 1. The Morgan fingerprint density at radius 2 is 1.92 bits per heavy atom.